The number of carbonyl (C=O) groups is 1. The van der Waals surface area contributed by atoms with Gasteiger partial charge in [0.1, 0.15) is 0 Å². The number of para-hydroxylation sites is 1. The molecule has 4 heterocycles. The Morgan fingerprint density at radius 3 is 2.80 bits per heavy atom. The minimum Gasteiger partial charge on any atom is -0.392 e. The number of likely N-dealkylation sites (tertiary alicyclic amines) is 2. The van der Waals surface area contributed by atoms with Crippen LogP contribution in [-0.2, 0) is 16.0 Å². The van der Waals surface area contributed by atoms with Crippen molar-refractivity contribution in [3.8, 4) is 0 Å². The van der Waals surface area contributed by atoms with E-state index in [4.69, 9.17) is 4.74 Å². The van der Waals surface area contributed by atoms with Gasteiger partial charge in [0, 0.05) is 50.8 Å². The number of β-amino-alcohol motifs (C(OH)–C–C–N with tert-alkyl or cyclic N) is 1. The molecule has 1 aromatic heterocycles. The first-order valence-corrected chi connectivity index (χ1v) is 11.3. The van der Waals surface area contributed by atoms with Crippen LogP contribution in [0.15, 0.2) is 24.3 Å². The molecule has 0 radical (unpaired) electrons. The lowest BCUT2D eigenvalue weighted by Gasteiger charge is -2.51. The van der Waals surface area contributed by atoms with E-state index in [-0.39, 0.29) is 17.4 Å². The lowest BCUT2D eigenvalue weighted by molar-refractivity contribution is -0.135. The summed E-state index contributed by atoms with van der Waals surface area (Å²) in [5.41, 5.74) is 1.94. The fourth-order valence-electron chi connectivity index (χ4n) is 5.73. The molecule has 1 unspecified atom stereocenters. The molecule has 0 aliphatic carbocycles. The van der Waals surface area contributed by atoms with Crippen molar-refractivity contribution in [1.29, 1.82) is 0 Å². The number of aromatic nitrogens is 2. The summed E-state index contributed by atoms with van der Waals surface area (Å²) < 4.78 is 5.52. The maximum atomic E-state index is 13.0. The van der Waals surface area contributed by atoms with Gasteiger partial charge in [0.2, 0.25) is 5.91 Å². The molecule has 7 heteroatoms. The summed E-state index contributed by atoms with van der Waals surface area (Å²) in [4.78, 5) is 17.5. The molecule has 3 aliphatic heterocycles. The highest BCUT2D eigenvalue weighted by Gasteiger charge is 2.43. The Hall–Kier alpha value is -1.96. The van der Waals surface area contributed by atoms with Gasteiger partial charge in [-0.1, -0.05) is 18.2 Å². The van der Waals surface area contributed by atoms with E-state index in [1.54, 1.807) is 0 Å². The van der Waals surface area contributed by atoms with Gasteiger partial charge in [0.15, 0.2) is 0 Å². The normalized spacial score (nSPS) is 25.8. The Labute approximate surface area is 177 Å². The van der Waals surface area contributed by atoms with Crippen LogP contribution in [0.4, 0.5) is 0 Å². The molecule has 3 saturated heterocycles. The standard InChI is InChI=1S/C23H32N4O3/c28-18-14-23(16-27(15-18)17-5-11-30-12-6-17)7-9-26(10-8-23)22(29)13-21-19-3-1-2-4-20(19)24-25-21/h1-4,17-18,28H,5-16H2,(H,24,25). The topological polar surface area (TPSA) is 81.7 Å². The molecule has 3 aliphatic rings. The largest absolute Gasteiger partial charge is 0.392 e. The summed E-state index contributed by atoms with van der Waals surface area (Å²) in [6, 6.07) is 8.44. The summed E-state index contributed by atoms with van der Waals surface area (Å²) in [5, 5.41) is 19.0. The molecule has 0 bridgehead atoms. The van der Waals surface area contributed by atoms with E-state index >= 15 is 0 Å². The summed E-state index contributed by atoms with van der Waals surface area (Å²) in [6.07, 6.45) is 5.03. The van der Waals surface area contributed by atoms with Gasteiger partial charge in [0.25, 0.3) is 0 Å². The van der Waals surface area contributed by atoms with Crippen molar-refractivity contribution >= 4 is 16.8 Å². The first kappa shape index (κ1) is 20.0. The van der Waals surface area contributed by atoms with Crippen molar-refractivity contribution < 1.29 is 14.6 Å². The monoisotopic (exact) mass is 412 g/mol. The number of amides is 1. The molecule has 2 N–H and O–H groups in total. The Balaban J connectivity index is 1.21. The number of benzene rings is 1. The van der Waals surface area contributed by atoms with Crippen LogP contribution in [0.2, 0.25) is 0 Å². The Morgan fingerprint density at radius 2 is 2.00 bits per heavy atom. The third-order valence-electron chi connectivity index (χ3n) is 7.40. The Morgan fingerprint density at radius 1 is 1.23 bits per heavy atom. The van der Waals surface area contributed by atoms with E-state index in [0.717, 1.165) is 88.1 Å². The molecule has 30 heavy (non-hydrogen) atoms. The third kappa shape index (κ3) is 3.98. The molecule has 1 amide bonds. The molecule has 0 saturated carbocycles. The quantitative estimate of drug-likeness (QED) is 0.806. The van der Waals surface area contributed by atoms with Crippen molar-refractivity contribution in [1.82, 2.24) is 20.0 Å². The number of aliphatic hydroxyl groups excluding tert-OH is 1. The third-order valence-corrected chi connectivity index (χ3v) is 7.40. The number of hydrogen-bond acceptors (Lipinski definition) is 5. The summed E-state index contributed by atoms with van der Waals surface area (Å²) in [7, 11) is 0. The molecule has 7 nitrogen and oxygen atoms in total. The Kier molecular flexibility index (Phi) is 5.52. The van der Waals surface area contributed by atoms with Gasteiger partial charge < -0.3 is 14.7 Å². The highest BCUT2D eigenvalue weighted by Crippen LogP contribution is 2.41. The molecule has 3 fully saturated rings. The molecule has 1 spiro atoms. The summed E-state index contributed by atoms with van der Waals surface area (Å²) >= 11 is 0. The summed E-state index contributed by atoms with van der Waals surface area (Å²) in [5.74, 6) is 0.164. The maximum absolute atomic E-state index is 13.0. The number of carbonyl (C=O) groups excluding carboxylic acids is 1. The first-order valence-electron chi connectivity index (χ1n) is 11.3. The smallest absolute Gasteiger partial charge is 0.228 e. The molecule has 2 aromatic rings. The number of aliphatic hydroxyl groups is 1. The number of nitrogens with zero attached hydrogens (tertiary/aromatic N) is 3. The van der Waals surface area contributed by atoms with Crippen molar-refractivity contribution in [3.63, 3.8) is 0 Å². The number of ether oxygens (including phenoxy) is 1. The van der Waals surface area contributed by atoms with E-state index in [9.17, 15) is 9.90 Å². The average Bonchev–Trinajstić information content (AvgIpc) is 3.17. The van der Waals surface area contributed by atoms with Crippen LogP contribution in [0, 0.1) is 5.41 Å². The van der Waals surface area contributed by atoms with E-state index < -0.39 is 0 Å². The average molecular weight is 413 g/mol. The summed E-state index contributed by atoms with van der Waals surface area (Å²) in [6.45, 7) is 5.03. The van der Waals surface area contributed by atoms with E-state index in [2.05, 4.69) is 15.1 Å². The van der Waals surface area contributed by atoms with Crippen LogP contribution in [0.5, 0.6) is 0 Å². The van der Waals surface area contributed by atoms with Gasteiger partial charge in [-0.25, -0.2) is 0 Å². The lowest BCUT2D eigenvalue weighted by atomic mass is 9.71. The van der Waals surface area contributed by atoms with Crippen molar-refractivity contribution in [2.75, 3.05) is 39.4 Å². The van der Waals surface area contributed by atoms with Crippen LogP contribution in [0.25, 0.3) is 10.9 Å². The zero-order valence-corrected chi connectivity index (χ0v) is 17.6. The minimum atomic E-state index is -0.264. The zero-order valence-electron chi connectivity index (χ0n) is 17.6. The molecule has 1 atom stereocenters. The van der Waals surface area contributed by atoms with Crippen LogP contribution in [0.1, 0.15) is 37.8 Å². The van der Waals surface area contributed by atoms with Crippen LogP contribution < -0.4 is 0 Å². The number of nitrogens with one attached hydrogen (secondary N) is 1. The molecular weight excluding hydrogens is 380 g/mol. The van der Waals surface area contributed by atoms with Gasteiger partial charge in [0.05, 0.1) is 23.7 Å². The second-order valence-electron chi connectivity index (χ2n) is 9.41. The SMILES string of the molecule is O=C(Cc1[nH]nc2ccccc12)N1CCC2(CC1)CC(O)CN(C1CCOCC1)C2. The van der Waals surface area contributed by atoms with Crippen LogP contribution >= 0.6 is 0 Å². The number of rotatable bonds is 3. The fourth-order valence-corrected chi connectivity index (χ4v) is 5.73. The number of fused-ring (bicyclic) bond motifs is 1. The second kappa shape index (κ2) is 8.29. The highest BCUT2D eigenvalue weighted by molar-refractivity contribution is 5.87. The van der Waals surface area contributed by atoms with Gasteiger partial charge >= 0.3 is 0 Å². The number of hydrogen-bond donors (Lipinski definition) is 2. The van der Waals surface area contributed by atoms with Crippen molar-refractivity contribution in [2.45, 2.75) is 50.7 Å². The minimum absolute atomic E-state index is 0.132. The van der Waals surface area contributed by atoms with Crippen LogP contribution in [-0.4, -0.2) is 82.5 Å². The van der Waals surface area contributed by atoms with Gasteiger partial charge in [-0.3, -0.25) is 14.8 Å². The maximum Gasteiger partial charge on any atom is 0.228 e. The first-order chi connectivity index (χ1) is 14.6. The predicted molar refractivity (Wildman–Crippen MR) is 114 cm³/mol. The van der Waals surface area contributed by atoms with E-state index in [1.807, 2.05) is 29.2 Å². The lowest BCUT2D eigenvalue weighted by Crippen LogP contribution is -2.57. The van der Waals surface area contributed by atoms with E-state index in [0.29, 0.717) is 12.5 Å². The van der Waals surface area contributed by atoms with Crippen LogP contribution in [0.3, 0.4) is 0 Å². The fraction of sp³-hybridized carbons (Fsp3) is 0.652. The van der Waals surface area contributed by atoms with Crippen molar-refractivity contribution in [3.05, 3.63) is 30.0 Å². The zero-order chi connectivity index (χ0) is 20.6. The van der Waals surface area contributed by atoms with Crippen molar-refractivity contribution in [2.24, 2.45) is 5.41 Å². The second-order valence-corrected chi connectivity index (χ2v) is 9.41. The van der Waals surface area contributed by atoms with Gasteiger partial charge in [-0.15, -0.1) is 0 Å². The molecule has 162 valence electrons. The predicted octanol–water partition coefficient (Wildman–Crippen LogP) is 1.96. The molecule has 5 rings (SSSR count). The number of H-pyrrole nitrogens is 1. The molecular formula is C23H32N4O3. The van der Waals surface area contributed by atoms with Gasteiger partial charge in [-0.2, -0.15) is 5.10 Å². The van der Waals surface area contributed by atoms with Gasteiger partial charge in [-0.05, 0) is 43.6 Å². The highest BCUT2D eigenvalue weighted by atomic mass is 16.5. The molecule has 1 aromatic carbocycles. The number of aromatic amines is 1. The van der Waals surface area contributed by atoms with E-state index in [1.165, 1.54) is 0 Å². The Bertz CT molecular complexity index is 883. The number of piperidine rings is 2.